The first-order chi connectivity index (χ1) is 14.1. The van der Waals surface area contributed by atoms with Crippen LogP contribution in [0.4, 0.5) is 5.69 Å². The van der Waals surface area contributed by atoms with Gasteiger partial charge < -0.3 is 24.4 Å². The fourth-order valence-corrected chi connectivity index (χ4v) is 3.06. The Labute approximate surface area is 169 Å². The molecular formula is C22H24N2O5. The Balaban J connectivity index is 1.84. The van der Waals surface area contributed by atoms with Gasteiger partial charge in [0, 0.05) is 13.1 Å². The van der Waals surface area contributed by atoms with Gasteiger partial charge in [-0.25, -0.2) is 0 Å². The van der Waals surface area contributed by atoms with E-state index in [0.717, 1.165) is 5.56 Å². The Kier molecular flexibility index (Phi) is 6.39. The van der Waals surface area contributed by atoms with Crippen molar-refractivity contribution >= 4 is 23.6 Å². The smallest absolute Gasteiger partial charge is 0.262 e. The van der Waals surface area contributed by atoms with E-state index in [0.29, 0.717) is 29.5 Å². The third-order valence-electron chi connectivity index (χ3n) is 4.48. The molecule has 152 valence electrons. The second-order valence-electron chi connectivity index (χ2n) is 6.31. The summed E-state index contributed by atoms with van der Waals surface area (Å²) in [7, 11) is 3.12. The summed E-state index contributed by atoms with van der Waals surface area (Å²) < 4.78 is 16.6. The van der Waals surface area contributed by atoms with Gasteiger partial charge in [0.25, 0.3) is 11.8 Å². The van der Waals surface area contributed by atoms with E-state index in [2.05, 4.69) is 5.32 Å². The van der Waals surface area contributed by atoms with E-state index in [1.54, 1.807) is 42.4 Å². The van der Waals surface area contributed by atoms with Crippen LogP contribution in [0.1, 0.15) is 12.5 Å². The van der Waals surface area contributed by atoms with Crippen LogP contribution in [0.25, 0.3) is 6.08 Å². The van der Waals surface area contributed by atoms with Gasteiger partial charge in [-0.3, -0.25) is 9.59 Å². The van der Waals surface area contributed by atoms with Crippen LogP contribution in [-0.2, 0) is 9.59 Å². The molecule has 1 atom stereocenters. The molecule has 2 aromatic rings. The number of rotatable bonds is 6. The van der Waals surface area contributed by atoms with Gasteiger partial charge in [-0.1, -0.05) is 18.2 Å². The number of ether oxygens (including phenoxy) is 3. The number of hydrogen-bond donors (Lipinski definition) is 1. The summed E-state index contributed by atoms with van der Waals surface area (Å²) in [6.07, 6.45) is 2.41. The Morgan fingerprint density at radius 3 is 2.76 bits per heavy atom. The van der Waals surface area contributed by atoms with E-state index in [1.165, 1.54) is 13.1 Å². The Hall–Kier alpha value is -3.48. The van der Waals surface area contributed by atoms with Gasteiger partial charge >= 0.3 is 0 Å². The van der Waals surface area contributed by atoms with Gasteiger partial charge in [0.05, 0.1) is 25.9 Å². The Bertz CT molecular complexity index is 925. The molecule has 29 heavy (non-hydrogen) atoms. The molecule has 1 aliphatic heterocycles. The van der Waals surface area contributed by atoms with Crippen molar-refractivity contribution in [2.75, 3.05) is 32.2 Å². The number of para-hydroxylation sites is 2. The quantitative estimate of drug-likeness (QED) is 0.760. The lowest BCUT2D eigenvalue weighted by atomic mass is 10.1. The molecule has 0 spiro atoms. The first-order valence-electron chi connectivity index (χ1n) is 9.35. The topological polar surface area (TPSA) is 77.1 Å². The van der Waals surface area contributed by atoms with Crippen molar-refractivity contribution in [3.05, 3.63) is 54.1 Å². The van der Waals surface area contributed by atoms with Crippen molar-refractivity contribution in [1.82, 2.24) is 5.32 Å². The van der Waals surface area contributed by atoms with Gasteiger partial charge in [0.15, 0.2) is 17.6 Å². The minimum atomic E-state index is -0.766. The lowest BCUT2D eigenvalue weighted by Gasteiger charge is -2.33. The van der Waals surface area contributed by atoms with E-state index in [-0.39, 0.29) is 18.4 Å². The minimum Gasteiger partial charge on any atom is -0.493 e. The second kappa shape index (κ2) is 9.14. The molecule has 7 nitrogen and oxygen atoms in total. The molecule has 1 aliphatic rings. The van der Waals surface area contributed by atoms with E-state index in [1.807, 2.05) is 25.1 Å². The standard InChI is InChI=1S/C22H24N2O5/c1-4-28-19-13-15(9-11-18(19)27-3)10-12-21(25)24-14-20(22(26)23-2)29-17-8-6-5-7-16(17)24/h5-13,20H,4,14H2,1-3H3,(H,23,26)/b12-10+/t20-/m0/s1. The van der Waals surface area contributed by atoms with Crippen LogP contribution in [0.5, 0.6) is 17.2 Å². The summed E-state index contributed by atoms with van der Waals surface area (Å²) in [4.78, 5) is 26.5. The highest BCUT2D eigenvalue weighted by molar-refractivity contribution is 6.05. The third kappa shape index (κ3) is 4.51. The molecule has 0 aliphatic carbocycles. The molecule has 0 saturated heterocycles. The van der Waals surface area contributed by atoms with Gasteiger partial charge in [0.1, 0.15) is 5.75 Å². The lowest BCUT2D eigenvalue weighted by molar-refractivity contribution is -0.127. The number of fused-ring (bicyclic) bond motifs is 1. The summed E-state index contributed by atoms with van der Waals surface area (Å²) in [6.45, 7) is 2.53. The van der Waals surface area contributed by atoms with Crippen molar-refractivity contribution in [2.24, 2.45) is 0 Å². The first kappa shape index (κ1) is 20.3. The van der Waals surface area contributed by atoms with Crippen LogP contribution in [0.3, 0.4) is 0 Å². The maximum atomic E-state index is 12.9. The number of amides is 2. The SMILES string of the molecule is CCOc1cc(/C=C/C(=O)N2C[C@@H](C(=O)NC)Oc3ccccc32)ccc1OC. The van der Waals surface area contributed by atoms with Crippen molar-refractivity contribution in [1.29, 1.82) is 0 Å². The molecule has 0 saturated carbocycles. The fraction of sp³-hybridized carbons (Fsp3) is 0.273. The van der Waals surface area contributed by atoms with Crippen molar-refractivity contribution in [3.8, 4) is 17.2 Å². The average molecular weight is 396 g/mol. The highest BCUT2D eigenvalue weighted by atomic mass is 16.5. The number of anilines is 1. The summed E-state index contributed by atoms with van der Waals surface area (Å²) in [5, 5.41) is 2.57. The zero-order chi connectivity index (χ0) is 20.8. The van der Waals surface area contributed by atoms with Gasteiger partial charge in [0.2, 0.25) is 0 Å². The number of benzene rings is 2. The normalized spacial score (nSPS) is 15.4. The van der Waals surface area contributed by atoms with Crippen molar-refractivity contribution in [2.45, 2.75) is 13.0 Å². The zero-order valence-electron chi connectivity index (χ0n) is 16.7. The number of likely N-dealkylation sites (N-methyl/N-ethyl adjacent to an activating group) is 1. The molecule has 0 radical (unpaired) electrons. The van der Waals surface area contributed by atoms with Gasteiger partial charge in [-0.15, -0.1) is 0 Å². The molecular weight excluding hydrogens is 372 g/mol. The van der Waals surface area contributed by atoms with Crippen molar-refractivity contribution < 1.29 is 23.8 Å². The summed E-state index contributed by atoms with van der Waals surface area (Å²) >= 11 is 0. The molecule has 0 unspecified atom stereocenters. The molecule has 0 aromatic heterocycles. The number of nitrogens with zero attached hydrogens (tertiary/aromatic N) is 1. The van der Waals surface area contributed by atoms with Crippen LogP contribution < -0.4 is 24.4 Å². The highest BCUT2D eigenvalue weighted by Gasteiger charge is 2.32. The van der Waals surface area contributed by atoms with Crippen molar-refractivity contribution in [3.63, 3.8) is 0 Å². The first-order valence-corrected chi connectivity index (χ1v) is 9.35. The van der Waals surface area contributed by atoms with Crippen LogP contribution in [-0.4, -0.2) is 45.2 Å². The van der Waals surface area contributed by atoms with Crippen LogP contribution >= 0.6 is 0 Å². The van der Waals surface area contributed by atoms with E-state index in [4.69, 9.17) is 14.2 Å². The van der Waals surface area contributed by atoms with E-state index >= 15 is 0 Å². The third-order valence-corrected chi connectivity index (χ3v) is 4.48. The predicted octanol–water partition coefficient (Wildman–Crippen LogP) is 2.65. The molecule has 1 heterocycles. The predicted molar refractivity (Wildman–Crippen MR) is 110 cm³/mol. The number of carbonyl (C=O) groups is 2. The molecule has 2 aromatic carbocycles. The molecule has 0 fully saturated rings. The van der Waals surface area contributed by atoms with Crippen LogP contribution in [0.2, 0.25) is 0 Å². The number of nitrogens with one attached hydrogen (secondary N) is 1. The number of methoxy groups -OCH3 is 1. The zero-order valence-corrected chi connectivity index (χ0v) is 16.7. The van der Waals surface area contributed by atoms with Gasteiger partial charge in [-0.2, -0.15) is 0 Å². The summed E-state index contributed by atoms with van der Waals surface area (Å²) in [6, 6.07) is 12.6. The van der Waals surface area contributed by atoms with Gasteiger partial charge in [-0.05, 0) is 42.8 Å². The maximum absolute atomic E-state index is 12.9. The molecule has 3 rings (SSSR count). The Morgan fingerprint density at radius 2 is 2.03 bits per heavy atom. The monoisotopic (exact) mass is 396 g/mol. The molecule has 2 amide bonds. The highest BCUT2D eigenvalue weighted by Crippen LogP contribution is 2.33. The largest absolute Gasteiger partial charge is 0.493 e. The second-order valence-corrected chi connectivity index (χ2v) is 6.31. The van der Waals surface area contributed by atoms with E-state index < -0.39 is 6.10 Å². The van der Waals surface area contributed by atoms with Crippen LogP contribution in [0, 0.1) is 0 Å². The van der Waals surface area contributed by atoms with Crippen LogP contribution in [0.15, 0.2) is 48.5 Å². The maximum Gasteiger partial charge on any atom is 0.262 e. The number of hydrogen-bond acceptors (Lipinski definition) is 5. The average Bonchev–Trinajstić information content (AvgIpc) is 2.76. The fourth-order valence-electron chi connectivity index (χ4n) is 3.06. The number of carbonyl (C=O) groups excluding carboxylic acids is 2. The Morgan fingerprint density at radius 1 is 1.24 bits per heavy atom. The summed E-state index contributed by atoms with van der Waals surface area (Å²) in [5.74, 6) is 1.21. The summed E-state index contributed by atoms with van der Waals surface area (Å²) in [5.41, 5.74) is 1.43. The minimum absolute atomic E-state index is 0.132. The molecule has 0 bridgehead atoms. The molecule has 1 N–H and O–H groups in total. The molecule has 7 heteroatoms. The van der Waals surface area contributed by atoms with E-state index in [9.17, 15) is 9.59 Å². The lowest BCUT2D eigenvalue weighted by Crippen LogP contribution is -2.49.